The molecule has 1 atom stereocenters. The van der Waals surface area contributed by atoms with Gasteiger partial charge in [-0.25, -0.2) is 0 Å². The van der Waals surface area contributed by atoms with E-state index in [-0.39, 0.29) is 24.3 Å². The van der Waals surface area contributed by atoms with Crippen LogP contribution < -0.4 is 19.7 Å². The topological polar surface area (TPSA) is 104 Å². The highest BCUT2D eigenvalue weighted by atomic mass is 16.5. The van der Waals surface area contributed by atoms with E-state index in [1.165, 1.54) is 19.1 Å². The van der Waals surface area contributed by atoms with Gasteiger partial charge in [0.1, 0.15) is 12.7 Å². The number of rotatable bonds is 5. The predicted molar refractivity (Wildman–Crippen MR) is 134 cm³/mol. The van der Waals surface area contributed by atoms with Crippen molar-refractivity contribution < 1.29 is 23.9 Å². The lowest BCUT2D eigenvalue weighted by Crippen LogP contribution is -2.50. The van der Waals surface area contributed by atoms with Gasteiger partial charge in [0.05, 0.1) is 36.7 Å². The fourth-order valence-electron chi connectivity index (χ4n) is 5.12. The van der Waals surface area contributed by atoms with Gasteiger partial charge in [0.2, 0.25) is 5.91 Å². The first-order valence-corrected chi connectivity index (χ1v) is 11.4. The molecule has 0 bridgehead atoms. The molecule has 180 valence electrons. The molecule has 9 heteroatoms. The first-order chi connectivity index (χ1) is 17.5. The molecule has 0 saturated heterocycles. The van der Waals surface area contributed by atoms with Crippen molar-refractivity contribution in [3.05, 3.63) is 83.6 Å². The number of amides is 3. The van der Waals surface area contributed by atoms with Crippen LogP contribution in [-0.4, -0.2) is 48.4 Å². The number of H-pyrrole nitrogens is 1. The second-order valence-electron chi connectivity index (χ2n) is 8.56. The van der Waals surface area contributed by atoms with Crippen LogP contribution in [0, 0.1) is 0 Å². The third kappa shape index (κ3) is 3.06. The highest BCUT2D eigenvalue weighted by Crippen LogP contribution is 2.49. The Kier molecular flexibility index (Phi) is 4.92. The molecule has 2 aliphatic rings. The number of anilines is 2. The highest BCUT2D eigenvalue weighted by Gasteiger charge is 2.50. The van der Waals surface area contributed by atoms with E-state index in [0.717, 1.165) is 10.9 Å². The van der Waals surface area contributed by atoms with Crippen LogP contribution in [0.2, 0.25) is 0 Å². The lowest BCUT2D eigenvalue weighted by atomic mass is 10.0. The van der Waals surface area contributed by atoms with Crippen LogP contribution in [0.5, 0.6) is 11.5 Å². The summed E-state index contributed by atoms with van der Waals surface area (Å²) in [5.41, 5.74) is 3.24. The summed E-state index contributed by atoms with van der Waals surface area (Å²) in [6, 6.07) is 17.8. The van der Waals surface area contributed by atoms with Gasteiger partial charge in [-0.15, -0.1) is 0 Å². The summed E-state index contributed by atoms with van der Waals surface area (Å²) in [4.78, 5) is 46.7. The van der Waals surface area contributed by atoms with E-state index >= 15 is 0 Å². The van der Waals surface area contributed by atoms with E-state index in [1.54, 1.807) is 53.6 Å². The SMILES string of the molecule is COc1ccc2c(c1OC)C(=O)N1c3ccccc3C(=O)N(CC(=O)Nc3cccc4[nH]ccc34)[C@@H]21. The monoisotopic (exact) mass is 482 g/mol. The first kappa shape index (κ1) is 21.7. The molecule has 4 aromatic rings. The Morgan fingerprint density at radius 1 is 0.972 bits per heavy atom. The van der Waals surface area contributed by atoms with E-state index in [1.807, 2.05) is 18.2 Å². The van der Waals surface area contributed by atoms with Crippen molar-refractivity contribution in [2.24, 2.45) is 0 Å². The molecule has 3 heterocycles. The largest absolute Gasteiger partial charge is 0.493 e. The number of fused-ring (bicyclic) bond motifs is 6. The average Bonchev–Trinajstić information content (AvgIpc) is 3.49. The second-order valence-corrected chi connectivity index (χ2v) is 8.56. The van der Waals surface area contributed by atoms with Gasteiger partial charge in [0.25, 0.3) is 11.8 Å². The summed E-state index contributed by atoms with van der Waals surface area (Å²) in [7, 11) is 2.96. The van der Waals surface area contributed by atoms with Gasteiger partial charge in [0, 0.05) is 22.7 Å². The normalized spacial score (nSPS) is 16.0. The summed E-state index contributed by atoms with van der Waals surface area (Å²) < 4.78 is 10.9. The number of carbonyl (C=O) groups is 3. The van der Waals surface area contributed by atoms with Gasteiger partial charge >= 0.3 is 0 Å². The first-order valence-electron chi connectivity index (χ1n) is 11.4. The number of aromatic nitrogens is 1. The van der Waals surface area contributed by atoms with Gasteiger partial charge in [0.15, 0.2) is 11.5 Å². The third-order valence-electron chi connectivity index (χ3n) is 6.67. The van der Waals surface area contributed by atoms with E-state index in [0.29, 0.717) is 39.6 Å². The molecule has 1 aromatic heterocycles. The Morgan fingerprint density at radius 3 is 2.61 bits per heavy atom. The number of benzene rings is 3. The van der Waals surface area contributed by atoms with Gasteiger partial charge in [-0.05, 0) is 36.4 Å². The zero-order valence-electron chi connectivity index (χ0n) is 19.6. The van der Waals surface area contributed by atoms with Crippen molar-refractivity contribution >= 4 is 40.0 Å². The molecule has 2 N–H and O–H groups in total. The fraction of sp³-hybridized carbons (Fsp3) is 0.148. The third-order valence-corrected chi connectivity index (χ3v) is 6.67. The maximum atomic E-state index is 13.7. The molecular weight excluding hydrogens is 460 g/mol. The molecule has 9 nitrogen and oxygen atoms in total. The molecule has 0 unspecified atom stereocenters. The summed E-state index contributed by atoms with van der Waals surface area (Å²) >= 11 is 0. The van der Waals surface area contributed by atoms with Gasteiger partial charge in [-0.1, -0.05) is 24.3 Å². The summed E-state index contributed by atoms with van der Waals surface area (Å²) in [6.07, 6.45) is 0.995. The van der Waals surface area contributed by atoms with Gasteiger partial charge < -0.3 is 24.7 Å². The van der Waals surface area contributed by atoms with Crippen molar-refractivity contribution in [1.82, 2.24) is 9.88 Å². The molecule has 0 fully saturated rings. The molecule has 0 aliphatic carbocycles. The zero-order chi connectivity index (χ0) is 25.0. The van der Waals surface area contributed by atoms with Crippen molar-refractivity contribution in [3.8, 4) is 11.5 Å². The Balaban J connectivity index is 1.43. The van der Waals surface area contributed by atoms with E-state index in [2.05, 4.69) is 10.3 Å². The summed E-state index contributed by atoms with van der Waals surface area (Å²) in [5.74, 6) is -0.334. The molecule has 36 heavy (non-hydrogen) atoms. The number of hydrogen-bond donors (Lipinski definition) is 2. The molecule has 0 saturated carbocycles. The standard InChI is InChI=1S/C27H22N4O5/c1-35-21-11-10-17-23(24(21)36-2)27(34)31-20-9-4-3-6-16(20)26(33)30(25(17)31)14-22(32)29-19-8-5-7-18-15(19)12-13-28-18/h3-13,25,28H,14H2,1-2H3,(H,29,32)/t25-/m1/s1. The van der Waals surface area contributed by atoms with Crippen LogP contribution in [-0.2, 0) is 4.79 Å². The molecule has 0 spiro atoms. The molecule has 0 radical (unpaired) electrons. The number of para-hydroxylation sites is 1. The number of methoxy groups -OCH3 is 2. The van der Waals surface area contributed by atoms with Crippen LogP contribution in [0.15, 0.2) is 66.9 Å². The van der Waals surface area contributed by atoms with Crippen LogP contribution >= 0.6 is 0 Å². The number of aromatic amines is 1. The minimum atomic E-state index is -0.802. The maximum absolute atomic E-state index is 13.7. The minimum absolute atomic E-state index is 0.254. The van der Waals surface area contributed by atoms with E-state index < -0.39 is 6.17 Å². The Morgan fingerprint density at radius 2 is 1.81 bits per heavy atom. The van der Waals surface area contributed by atoms with Crippen LogP contribution in [0.3, 0.4) is 0 Å². The fourth-order valence-corrected chi connectivity index (χ4v) is 5.12. The Bertz CT molecular complexity index is 1560. The van der Waals surface area contributed by atoms with Crippen molar-refractivity contribution in [2.75, 3.05) is 31.0 Å². The lowest BCUT2D eigenvalue weighted by molar-refractivity contribution is -0.117. The second kappa shape index (κ2) is 8.16. The summed E-state index contributed by atoms with van der Waals surface area (Å²) in [5, 5.41) is 3.78. The van der Waals surface area contributed by atoms with Crippen LogP contribution in [0.25, 0.3) is 10.9 Å². The average molecular weight is 482 g/mol. The number of carbonyl (C=O) groups excluding carboxylic acids is 3. The van der Waals surface area contributed by atoms with Crippen LogP contribution in [0.1, 0.15) is 32.4 Å². The quantitative estimate of drug-likeness (QED) is 0.449. The molecule has 3 amide bonds. The summed E-state index contributed by atoms with van der Waals surface area (Å²) in [6.45, 7) is -0.254. The highest BCUT2D eigenvalue weighted by molar-refractivity contribution is 6.18. The number of nitrogens with zero attached hydrogens (tertiary/aromatic N) is 2. The van der Waals surface area contributed by atoms with Crippen molar-refractivity contribution in [2.45, 2.75) is 6.17 Å². The lowest BCUT2D eigenvalue weighted by Gasteiger charge is -2.40. The predicted octanol–water partition coefficient (Wildman–Crippen LogP) is 3.94. The number of nitrogens with one attached hydrogen (secondary N) is 2. The minimum Gasteiger partial charge on any atom is -0.493 e. The van der Waals surface area contributed by atoms with Gasteiger partial charge in [-0.3, -0.25) is 19.3 Å². The van der Waals surface area contributed by atoms with E-state index in [4.69, 9.17) is 9.47 Å². The maximum Gasteiger partial charge on any atom is 0.264 e. The molecular formula is C27H22N4O5. The molecule has 3 aromatic carbocycles. The number of hydrogen-bond acceptors (Lipinski definition) is 5. The number of ether oxygens (including phenoxy) is 2. The van der Waals surface area contributed by atoms with E-state index in [9.17, 15) is 14.4 Å². The van der Waals surface area contributed by atoms with Crippen molar-refractivity contribution in [1.29, 1.82) is 0 Å². The Labute approximate surface area is 206 Å². The Hall–Kier alpha value is -4.79. The van der Waals surface area contributed by atoms with Crippen molar-refractivity contribution in [3.63, 3.8) is 0 Å². The zero-order valence-corrected chi connectivity index (χ0v) is 19.6. The van der Waals surface area contributed by atoms with Gasteiger partial charge in [-0.2, -0.15) is 0 Å². The molecule has 6 rings (SSSR count). The smallest absolute Gasteiger partial charge is 0.264 e. The molecule has 2 aliphatic heterocycles. The van der Waals surface area contributed by atoms with Crippen LogP contribution in [0.4, 0.5) is 11.4 Å².